The summed E-state index contributed by atoms with van der Waals surface area (Å²) in [5.41, 5.74) is 19.4. The molecule has 1 amide bonds. The topological polar surface area (TPSA) is 118 Å². The molecule has 4 N–H and O–H groups in total. The summed E-state index contributed by atoms with van der Waals surface area (Å²) in [6.07, 6.45) is 8.23. The Kier molecular flexibility index (Phi) is 7.95. The Bertz CT molecular complexity index is 1530. The van der Waals surface area contributed by atoms with E-state index in [1.807, 2.05) is 52.0 Å². The number of fused-ring (bicyclic) bond motifs is 1. The van der Waals surface area contributed by atoms with Gasteiger partial charge in [0, 0.05) is 60.7 Å². The second-order valence-electron chi connectivity index (χ2n) is 11.1. The van der Waals surface area contributed by atoms with Gasteiger partial charge in [0.05, 0.1) is 6.54 Å². The van der Waals surface area contributed by atoms with E-state index in [1.54, 1.807) is 0 Å². The highest BCUT2D eigenvalue weighted by atomic mass is 16.2. The number of carbonyl (C=O) groups is 1. The summed E-state index contributed by atoms with van der Waals surface area (Å²) in [5.74, 6) is 0.975. The number of rotatable bonds is 8. The summed E-state index contributed by atoms with van der Waals surface area (Å²) in [4.78, 5) is 26.2. The van der Waals surface area contributed by atoms with Gasteiger partial charge in [-0.3, -0.25) is 9.79 Å². The van der Waals surface area contributed by atoms with Gasteiger partial charge in [0.25, 0.3) is 0 Å². The molecule has 212 valence electrons. The number of benzene rings is 2. The number of nitrogens with zero attached hydrogens (tertiary/aromatic N) is 6. The smallest absolute Gasteiger partial charge is 0.223 e. The van der Waals surface area contributed by atoms with Crippen molar-refractivity contribution in [2.24, 2.45) is 4.99 Å². The second-order valence-corrected chi connectivity index (χ2v) is 11.1. The number of amides is 1. The molecule has 9 heteroatoms. The van der Waals surface area contributed by atoms with Gasteiger partial charge < -0.3 is 21.3 Å². The molecule has 0 unspecified atom stereocenters. The molecule has 0 bridgehead atoms. The van der Waals surface area contributed by atoms with E-state index in [1.165, 1.54) is 19.2 Å². The van der Waals surface area contributed by atoms with Crippen molar-refractivity contribution in [3.05, 3.63) is 77.7 Å². The van der Waals surface area contributed by atoms with Crippen LogP contribution in [0.2, 0.25) is 0 Å². The molecular formula is C32H38N8O. The molecule has 2 aliphatic rings. The van der Waals surface area contributed by atoms with Crippen LogP contribution >= 0.6 is 0 Å². The molecule has 6 rings (SSSR count). The number of nitrogen functional groups attached to an aromatic ring is 2. The number of aliphatic imine (C=N–C) groups is 1. The van der Waals surface area contributed by atoms with Gasteiger partial charge in [0.2, 0.25) is 5.91 Å². The second kappa shape index (κ2) is 12.1. The zero-order valence-electron chi connectivity index (χ0n) is 23.5. The van der Waals surface area contributed by atoms with Gasteiger partial charge in [-0.2, -0.15) is 5.10 Å². The number of carbonyl (C=O) groups excluding carboxylic acids is 1. The average molecular weight is 551 g/mol. The van der Waals surface area contributed by atoms with Crippen molar-refractivity contribution in [2.45, 2.75) is 44.6 Å². The Balaban J connectivity index is 1.18. The zero-order valence-corrected chi connectivity index (χ0v) is 23.5. The summed E-state index contributed by atoms with van der Waals surface area (Å²) >= 11 is 0. The highest BCUT2D eigenvalue weighted by Gasteiger charge is 2.28. The lowest BCUT2D eigenvalue weighted by Gasteiger charge is -2.32. The number of likely N-dealkylation sites (tertiary alicyclic amines) is 2. The Morgan fingerprint density at radius 3 is 2.54 bits per heavy atom. The Labute approximate surface area is 240 Å². The molecule has 4 aromatic rings. The Morgan fingerprint density at radius 1 is 1.00 bits per heavy atom. The molecule has 2 aromatic heterocycles. The van der Waals surface area contributed by atoms with Crippen molar-refractivity contribution in [3.63, 3.8) is 0 Å². The predicted octanol–water partition coefficient (Wildman–Crippen LogP) is 4.37. The molecule has 41 heavy (non-hydrogen) atoms. The molecule has 0 saturated carbocycles. The van der Waals surface area contributed by atoms with E-state index in [2.05, 4.69) is 38.2 Å². The van der Waals surface area contributed by atoms with Gasteiger partial charge in [-0.1, -0.05) is 42.5 Å². The number of piperidine rings is 1. The van der Waals surface area contributed by atoms with Gasteiger partial charge in [0.1, 0.15) is 11.8 Å². The fraction of sp³-hybridized carbons (Fsp3) is 0.375. The minimum Gasteiger partial charge on any atom is -0.398 e. The van der Waals surface area contributed by atoms with Crippen LogP contribution in [0.5, 0.6) is 0 Å². The molecule has 2 aliphatic heterocycles. The largest absolute Gasteiger partial charge is 0.398 e. The quantitative estimate of drug-likeness (QED) is 0.248. The standard InChI is InChI=1S/C32H38N8O/c33-28-18-25(8-9-26(28)21-35-20-23-6-2-1-3-7-23)27-19-29(40-31(27)32(34)36-22-37-40)24-10-16-39(17-11-24)30(41)12-15-38-13-4-5-14-38/h1-3,6-9,18-19,21-22,24H,4-5,10-17,20,33H2,(H2,34,36,37). The first-order valence-corrected chi connectivity index (χ1v) is 14.6. The lowest BCUT2D eigenvalue weighted by atomic mass is 9.92. The van der Waals surface area contributed by atoms with Gasteiger partial charge in [0.15, 0.2) is 5.82 Å². The maximum absolute atomic E-state index is 12.9. The summed E-state index contributed by atoms with van der Waals surface area (Å²) in [7, 11) is 0. The van der Waals surface area contributed by atoms with E-state index in [9.17, 15) is 4.79 Å². The number of anilines is 2. The van der Waals surface area contributed by atoms with Crippen LogP contribution in [-0.4, -0.2) is 69.2 Å². The number of nitrogens with two attached hydrogens (primary N) is 2. The third-order valence-corrected chi connectivity index (χ3v) is 8.46. The Morgan fingerprint density at radius 2 is 1.78 bits per heavy atom. The van der Waals surface area contributed by atoms with Crippen LogP contribution in [0, 0.1) is 0 Å². The number of hydrogen-bond acceptors (Lipinski definition) is 7. The van der Waals surface area contributed by atoms with Crippen molar-refractivity contribution in [1.29, 1.82) is 0 Å². The summed E-state index contributed by atoms with van der Waals surface area (Å²) in [6, 6.07) is 18.3. The van der Waals surface area contributed by atoms with Crippen LogP contribution in [-0.2, 0) is 11.3 Å². The highest BCUT2D eigenvalue weighted by molar-refractivity contribution is 5.93. The van der Waals surface area contributed by atoms with Crippen LogP contribution in [0.1, 0.15) is 54.8 Å². The van der Waals surface area contributed by atoms with Crippen LogP contribution < -0.4 is 11.5 Å². The van der Waals surface area contributed by atoms with E-state index >= 15 is 0 Å². The van der Waals surface area contributed by atoms with Gasteiger partial charge in [-0.25, -0.2) is 9.50 Å². The number of hydrogen-bond donors (Lipinski definition) is 2. The predicted molar refractivity (Wildman–Crippen MR) is 164 cm³/mol. The fourth-order valence-electron chi connectivity index (χ4n) is 6.14. The van der Waals surface area contributed by atoms with Gasteiger partial charge >= 0.3 is 0 Å². The van der Waals surface area contributed by atoms with Gasteiger partial charge in [-0.05, 0) is 62.0 Å². The highest BCUT2D eigenvalue weighted by Crippen LogP contribution is 2.37. The minimum absolute atomic E-state index is 0.269. The first-order chi connectivity index (χ1) is 20.1. The molecule has 2 fully saturated rings. The molecule has 2 aromatic carbocycles. The summed E-state index contributed by atoms with van der Waals surface area (Å²) in [6.45, 7) is 5.25. The van der Waals surface area contributed by atoms with Crippen LogP contribution in [0.15, 0.2) is 65.9 Å². The molecule has 0 aliphatic carbocycles. The third-order valence-electron chi connectivity index (χ3n) is 8.46. The van der Waals surface area contributed by atoms with Crippen LogP contribution in [0.3, 0.4) is 0 Å². The third kappa shape index (κ3) is 5.95. The minimum atomic E-state index is 0.269. The van der Waals surface area contributed by atoms with E-state index in [0.717, 1.165) is 79.0 Å². The Hall–Kier alpha value is -4.24. The lowest BCUT2D eigenvalue weighted by Crippen LogP contribution is -2.39. The number of aromatic nitrogens is 3. The average Bonchev–Trinajstić information content (AvgIpc) is 3.66. The van der Waals surface area contributed by atoms with E-state index in [0.29, 0.717) is 24.5 Å². The van der Waals surface area contributed by atoms with E-state index in [4.69, 9.17) is 11.5 Å². The maximum atomic E-state index is 12.9. The summed E-state index contributed by atoms with van der Waals surface area (Å²) < 4.78 is 1.93. The summed E-state index contributed by atoms with van der Waals surface area (Å²) in [5, 5.41) is 4.59. The molecule has 9 nitrogen and oxygen atoms in total. The molecule has 0 spiro atoms. The van der Waals surface area contributed by atoms with Crippen molar-refractivity contribution >= 4 is 29.1 Å². The molecular weight excluding hydrogens is 512 g/mol. The van der Waals surface area contributed by atoms with Crippen molar-refractivity contribution in [1.82, 2.24) is 24.4 Å². The first-order valence-electron chi connectivity index (χ1n) is 14.6. The maximum Gasteiger partial charge on any atom is 0.223 e. The normalized spacial score (nSPS) is 16.7. The van der Waals surface area contributed by atoms with Crippen LogP contribution in [0.4, 0.5) is 11.5 Å². The van der Waals surface area contributed by atoms with Crippen LogP contribution in [0.25, 0.3) is 16.6 Å². The molecule has 2 saturated heterocycles. The van der Waals surface area contributed by atoms with E-state index in [-0.39, 0.29) is 11.8 Å². The monoisotopic (exact) mass is 550 g/mol. The molecule has 0 atom stereocenters. The SMILES string of the molecule is Nc1cc(-c2cc(C3CCN(C(=O)CCN4CCCC4)CC3)n3ncnc(N)c23)ccc1C=NCc1ccccc1. The van der Waals surface area contributed by atoms with Crippen molar-refractivity contribution < 1.29 is 4.79 Å². The molecule has 0 radical (unpaired) electrons. The van der Waals surface area contributed by atoms with Gasteiger partial charge in [-0.15, -0.1) is 0 Å². The first kappa shape index (κ1) is 27.0. The zero-order chi connectivity index (χ0) is 28.2. The fourth-order valence-corrected chi connectivity index (χ4v) is 6.14. The van der Waals surface area contributed by atoms with E-state index < -0.39 is 0 Å². The van der Waals surface area contributed by atoms with Crippen molar-refractivity contribution in [3.8, 4) is 11.1 Å². The van der Waals surface area contributed by atoms with Crippen molar-refractivity contribution in [2.75, 3.05) is 44.2 Å². The molecule has 4 heterocycles. The lowest BCUT2D eigenvalue weighted by molar-refractivity contribution is -0.132.